The third kappa shape index (κ3) is 1.69. The van der Waals surface area contributed by atoms with E-state index >= 15 is 0 Å². The first-order valence-corrected chi connectivity index (χ1v) is 4.83. The van der Waals surface area contributed by atoms with Gasteiger partial charge >= 0.3 is 0 Å². The smallest absolute Gasteiger partial charge is 0.122 e. The van der Waals surface area contributed by atoms with Gasteiger partial charge in [-0.05, 0) is 34.6 Å². The van der Waals surface area contributed by atoms with Gasteiger partial charge in [-0.3, -0.25) is 0 Å². The molecule has 2 heteroatoms. The Labute approximate surface area is 86.2 Å². The van der Waals surface area contributed by atoms with E-state index in [-0.39, 0.29) is 5.54 Å². The van der Waals surface area contributed by atoms with Crippen molar-refractivity contribution in [3.8, 4) is 0 Å². The number of rotatable bonds is 0. The van der Waals surface area contributed by atoms with Crippen LogP contribution in [0.1, 0.15) is 34.6 Å². The Balaban J connectivity index is 3.20. The molecule has 1 aliphatic heterocycles. The third-order valence-corrected chi connectivity index (χ3v) is 2.52. The highest BCUT2D eigenvalue weighted by molar-refractivity contribution is 5.40. The topological polar surface area (TPSA) is 23.5 Å². The maximum absolute atomic E-state index is 9.62. The zero-order valence-electron chi connectivity index (χ0n) is 9.68. The molecular formula is C12H19NO. The minimum absolute atomic E-state index is 0.000370. The predicted octanol–water partition coefficient (Wildman–Crippen LogP) is 3.35. The van der Waals surface area contributed by atoms with Crippen LogP contribution in [0.2, 0.25) is 0 Å². The van der Waals surface area contributed by atoms with Crippen molar-refractivity contribution < 1.29 is 5.11 Å². The molecule has 2 nitrogen and oxygen atoms in total. The van der Waals surface area contributed by atoms with E-state index in [4.69, 9.17) is 0 Å². The van der Waals surface area contributed by atoms with Crippen LogP contribution in [0.5, 0.6) is 0 Å². The summed E-state index contributed by atoms with van der Waals surface area (Å²) in [6, 6.07) is 0. The minimum atomic E-state index is -0.000370. The highest BCUT2D eigenvalue weighted by Crippen LogP contribution is 2.32. The van der Waals surface area contributed by atoms with Crippen molar-refractivity contribution in [1.29, 1.82) is 0 Å². The van der Waals surface area contributed by atoms with Crippen molar-refractivity contribution >= 4 is 0 Å². The Bertz CT molecular complexity index is 329. The van der Waals surface area contributed by atoms with Crippen LogP contribution in [0.4, 0.5) is 0 Å². The monoisotopic (exact) mass is 193 g/mol. The molecule has 1 aliphatic rings. The number of allylic oxidation sites excluding steroid dienone is 3. The highest BCUT2D eigenvalue weighted by Gasteiger charge is 2.27. The van der Waals surface area contributed by atoms with E-state index in [1.54, 1.807) is 6.08 Å². The average Bonchev–Trinajstić information content (AvgIpc) is 1.97. The van der Waals surface area contributed by atoms with E-state index in [1.165, 1.54) is 0 Å². The first-order valence-electron chi connectivity index (χ1n) is 4.83. The Hall–Kier alpha value is -1.18. The van der Waals surface area contributed by atoms with Crippen molar-refractivity contribution in [2.45, 2.75) is 40.2 Å². The van der Waals surface area contributed by atoms with Crippen molar-refractivity contribution in [3.05, 3.63) is 35.4 Å². The Morgan fingerprint density at radius 2 is 1.79 bits per heavy atom. The molecule has 0 aromatic rings. The zero-order valence-corrected chi connectivity index (χ0v) is 9.68. The molecule has 0 spiro atoms. The van der Waals surface area contributed by atoms with Gasteiger partial charge in [-0.15, -0.1) is 0 Å². The fourth-order valence-corrected chi connectivity index (χ4v) is 1.83. The second-order valence-electron chi connectivity index (χ2n) is 4.74. The Kier molecular flexibility index (Phi) is 2.49. The summed E-state index contributed by atoms with van der Waals surface area (Å²) in [4.78, 5) is 2.14. The van der Waals surface area contributed by atoms with Gasteiger partial charge in [0.2, 0.25) is 0 Å². The lowest BCUT2D eigenvalue weighted by Crippen LogP contribution is -2.40. The van der Waals surface area contributed by atoms with Crippen LogP contribution in [-0.2, 0) is 0 Å². The number of aliphatic hydroxyl groups is 1. The first-order chi connectivity index (χ1) is 6.25. The van der Waals surface area contributed by atoms with Gasteiger partial charge in [-0.25, -0.2) is 0 Å². The van der Waals surface area contributed by atoms with Crippen molar-refractivity contribution in [3.63, 3.8) is 0 Å². The van der Waals surface area contributed by atoms with Gasteiger partial charge in [0.15, 0.2) is 0 Å². The molecule has 0 radical (unpaired) electrons. The normalized spacial score (nSPS) is 18.8. The molecule has 0 aromatic carbocycles. The zero-order chi connectivity index (χ0) is 11.1. The summed E-state index contributed by atoms with van der Waals surface area (Å²) in [6.45, 7) is 14.3. The van der Waals surface area contributed by atoms with Crippen molar-refractivity contribution in [2.75, 3.05) is 0 Å². The summed E-state index contributed by atoms with van der Waals surface area (Å²) in [5, 5.41) is 9.62. The fourth-order valence-electron chi connectivity index (χ4n) is 1.83. The molecule has 0 unspecified atom stereocenters. The van der Waals surface area contributed by atoms with E-state index in [1.807, 2.05) is 13.8 Å². The number of aliphatic hydroxyl groups excluding tert-OH is 1. The fraction of sp³-hybridized carbons (Fsp3) is 0.500. The number of nitrogens with zero attached hydrogens (tertiary/aromatic N) is 1. The maximum atomic E-state index is 9.62. The van der Waals surface area contributed by atoms with Crippen LogP contribution < -0.4 is 0 Å². The molecule has 0 amide bonds. The summed E-state index contributed by atoms with van der Waals surface area (Å²) in [7, 11) is 0. The first kappa shape index (κ1) is 10.9. The largest absolute Gasteiger partial charge is 0.508 e. The summed E-state index contributed by atoms with van der Waals surface area (Å²) in [6.07, 6.45) is 1.72. The van der Waals surface area contributed by atoms with Gasteiger partial charge in [0.05, 0.1) is 0 Å². The van der Waals surface area contributed by atoms with Gasteiger partial charge < -0.3 is 10.0 Å². The quantitative estimate of drug-likeness (QED) is 0.637. The van der Waals surface area contributed by atoms with Crippen LogP contribution in [0.25, 0.3) is 0 Å². The van der Waals surface area contributed by atoms with Crippen LogP contribution in [0.15, 0.2) is 35.4 Å². The van der Waals surface area contributed by atoms with Crippen LogP contribution in [-0.4, -0.2) is 15.5 Å². The molecule has 0 saturated carbocycles. The SMILES string of the molecule is C=C1C=C(O)C(C)=C(C)N1C(C)(C)C. The summed E-state index contributed by atoms with van der Waals surface area (Å²) in [5.41, 5.74) is 2.84. The molecule has 0 aromatic heterocycles. The number of hydrogen-bond acceptors (Lipinski definition) is 2. The van der Waals surface area contributed by atoms with Crippen molar-refractivity contribution in [2.24, 2.45) is 0 Å². The number of hydrogen-bond donors (Lipinski definition) is 1. The second kappa shape index (κ2) is 3.19. The van der Waals surface area contributed by atoms with Gasteiger partial charge in [0.25, 0.3) is 0 Å². The molecule has 0 atom stereocenters. The summed E-state index contributed by atoms with van der Waals surface area (Å²) < 4.78 is 0. The van der Waals surface area contributed by atoms with E-state index in [9.17, 15) is 5.11 Å². The highest BCUT2D eigenvalue weighted by atomic mass is 16.3. The second-order valence-corrected chi connectivity index (χ2v) is 4.74. The van der Waals surface area contributed by atoms with Crippen molar-refractivity contribution in [1.82, 2.24) is 4.90 Å². The molecule has 0 bridgehead atoms. The minimum Gasteiger partial charge on any atom is -0.508 e. The van der Waals surface area contributed by atoms with Gasteiger partial charge in [0.1, 0.15) is 5.76 Å². The molecule has 14 heavy (non-hydrogen) atoms. The molecule has 0 saturated heterocycles. The standard InChI is InChI=1S/C12H19NO/c1-8-7-11(14)9(2)10(3)13(8)12(4,5)6/h7,14H,1H2,2-6H3. The summed E-state index contributed by atoms with van der Waals surface area (Å²) in [5.74, 6) is 0.327. The van der Waals surface area contributed by atoms with Gasteiger partial charge in [0, 0.05) is 28.6 Å². The third-order valence-electron chi connectivity index (χ3n) is 2.52. The summed E-state index contributed by atoms with van der Waals surface area (Å²) >= 11 is 0. The van der Waals surface area contributed by atoms with E-state index < -0.39 is 0 Å². The lowest BCUT2D eigenvalue weighted by molar-refractivity contribution is 0.234. The lowest BCUT2D eigenvalue weighted by Gasteiger charge is -2.41. The van der Waals surface area contributed by atoms with Gasteiger partial charge in [-0.2, -0.15) is 0 Å². The van der Waals surface area contributed by atoms with Gasteiger partial charge in [-0.1, -0.05) is 6.58 Å². The molecular weight excluding hydrogens is 174 g/mol. The van der Waals surface area contributed by atoms with E-state index in [2.05, 4.69) is 32.3 Å². The maximum Gasteiger partial charge on any atom is 0.122 e. The predicted molar refractivity (Wildman–Crippen MR) is 59.8 cm³/mol. The van der Waals surface area contributed by atoms with E-state index in [0.717, 1.165) is 17.0 Å². The van der Waals surface area contributed by atoms with E-state index in [0.29, 0.717) is 5.76 Å². The Morgan fingerprint density at radius 3 is 2.21 bits per heavy atom. The molecule has 0 aliphatic carbocycles. The lowest BCUT2D eigenvalue weighted by atomic mass is 9.98. The molecule has 0 fully saturated rings. The van der Waals surface area contributed by atoms with Crippen LogP contribution in [0.3, 0.4) is 0 Å². The average molecular weight is 193 g/mol. The molecule has 78 valence electrons. The molecule has 1 N–H and O–H groups in total. The molecule has 1 rings (SSSR count). The van der Waals surface area contributed by atoms with Crippen LogP contribution >= 0.6 is 0 Å². The van der Waals surface area contributed by atoms with Crippen LogP contribution in [0, 0.1) is 0 Å². The molecule has 1 heterocycles. The Morgan fingerprint density at radius 1 is 1.29 bits per heavy atom.